The Morgan fingerprint density at radius 2 is 0.636 bits per heavy atom. The van der Waals surface area contributed by atoms with E-state index in [1.54, 1.807) is 0 Å². The topological polar surface area (TPSA) is 37.1 Å². The summed E-state index contributed by atoms with van der Waals surface area (Å²) in [7, 11) is 0. The minimum atomic E-state index is 0.303. The van der Waals surface area contributed by atoms with Crippen molar-refractivity contribution in [2.45, 2.75) is 0 Å². The van der Waals surface area contributed by atoms with Crippen molar-refractivity contribution in [3.05, 3.63) is 126 Å². The van der Waals surface area contributed by atoms with Crippen molar-refractivity contribution in [3.8, 4) is 0 Å². The highest BCUT2D eigenvalue weighted by atomic mass is 35.5. The summed E-state index contributed by atoms with van der Waals surface area (Å²) in [6.45, 7) is 0. The van der Waals surface area contributed by atoms with E-state index in [0.29, 0.717) is 32.2 Å². The first-order valence-electron chi connectivity index (χ1n) is 10.1. The lowest BCUT2D eigenvalue weighted by atomic mass is 10.1. The molecule has 0 unspecified atom stereocenters. The Kier molecular flexibility index (Phi) is 7.69. The van der Waals surface area contributed by atoms with Crippen LogP contribution in [0.4, 0.5) is 17.1 Å². The molecule has 0 atom stereocenters. The molecule has 33 heavy (non-hydrogen) atoms. The van der Waals surface area contributed by atoms with Crippen LogP contribution in [-0.2, 0) is 0 Å². The van der Waals surface area contributed by atoms with E-state index in [9.17, 15) is 0 Å². The van der Waals surface area contributed by atoms with Crippen LogP contribution in [0, 0.1) is 0 Å². The van der Waals surface area contributed by atoms with Crippen molar-refractivity contribution < 1.29 is 0 Å². The molecule has 4 aromatic carbocycles. The average molecular weight is 491 g/mol. The van der Waals surface area contributed by atoms with E-state index in [0.717, 1.165) is 17.1 Å². The third-order valence-corrected chi connectivity index (χ3v) is 5.51. The van der Waals surface area contributed by atoms with Crippen LogP contribution in [0.25, 0.3) is 0 Å². The number of rotatable bonds is 6. The normalized spacial score (nSPS) is 12.6. The average Bonchev–Trinajstić information content (AvgIpc) is 2.85. The number of nitrogens with zero attached hydrogens (tertiary/aromatic N) is 3. The summed E-state index contributed by atoms with van der Waals surface area (Å²) in [5.41, 5.74) is 4.16. The first kappa shape index (κ1) is 22.9. The molecule has 4 rings (SSSR count). The van der Waals surface area contributed by atoms with Crippen molar-refractivity contribution in [2.24, 2.45) is 15.0 Å². The molecule has 0 bridgehead atoms. The summed E-state index contributed by atoms with van der Waals surface area (Å²) in [6, 6.07) is 33.9. The molecule has 0 saturated heterocycles. The van der Waals surface area contributed by atoms with Crippen molar-refractivity contribution in [1.29, 1.82) is 0 Å². The van der Waals surface area contributed by atoms with Crippen LogP contribution in [0.3, 0.4) is 0 Å². The van der Waals surface area contributed by atoms with Gasteiger partial charge in [0.25, 0.3) is 0 Å². The fraction of sp³-hybridized carbons (Fsp3) is 0. The van der Waals surface area contributed by atoms with Crippen LogP contribution in [0.1, 0.15) is 16.7 Å². The zero-order chi connectivity index (χ0) is 23.0. The fourth-order valence-corrected chi connectivity index (χ4v) is 3.65. The number of aliphatic imine (C=N–C) groups is 3. The van der Waals surface area contributed by atoms with Gasteiger partial charge in [0.15, 0.2) is 0 Å². The second kappa shape index (κ2) is 11.1. The SMILES string of the molecule is ClC(=Nc1ccccc1)c1cc(/C(Cl)=N/c2ccccc2)cc(/C(Cl)=N\c2ccccc2)c1. The molecule has 0 spiro atoms. The van der Waals surface area contributed by atoms with Crippen LogP contribution < -0.4 is 0 Å². The van der Waals surface area contributed by atoms with Gasteiger partial charge in [0.2, 0.25) is 0 Å². The van der Waals surface area contributed by atoms with E-state index < -0.39 is 0 Å². The van der Waals surface area contributed by atoms with Crippen molar-refractivity contribution in [2.75, 3.05) is 0 Å². The van der Waals surface area contributed by atoms with E-state index in [-0.39, 0.29) is 0 Å². The Bertz CT molecular complexity index is 1140. The molecule has 0 aliphatic heterocycles. The standard InChI is InChI=1S/C27H18Cl3N3/c28-25(31-22-10-4-1-5-11-22)19-16-20(26(29)32-23-12-6-2-7-13-23)18-21(17-19)27(30)33-24-14-8-3-9-15-24/h1-18H/b31-25-,32-26+,33-27?. The molecule has 0 radical (unpaired) electrons. The van der Waals surface area contributed by atoms with Crippen LogP contribution in [0.2, 0.25) is 0 Å². The van der Waals surface area contributed by atoms with Gasteiger partial charge in [-0.05, 0) is 54.6 Å². The summed E-state index contributed by atoms with van der Waals surface area (Å²) < 4.78 is 0. The van der Waals surface area contributed by atoms with Gasteiger partial charge in [-0.3, -0.25) is 0 Å². The minimum absolute atomic E-state index is 0.303. The maximum absolute atomic E-state index is 6.60. The van der Waals surface area contributed by atoms with Crippen molar-refractivity contribution in [3.63, 3.8) is 0 Å². The molecule has 6 heteroatoms. The summed E-state index contributed by atoms with van der Waals surface area (Å²) in [4.78, 5) is 13.5. The van der Waals surface area contributed by atoms with Gasteiger partial charge in [0, 0.05) is 16.7 Å². The molecule has 0 saturated carbocycles. The minimum Gasteiger partial charge on any atom is -0.236 e. The number of halogens is 3. The third-order valence-electron chi connectivity index (χ3n) is 4.60. The molecular formula is C27H18Cl3N3. The van der Waals surface area contributed by atoms with E-state index in [1.807, 2.05) is 109 Å². The molecule has 0 amide bonds. The Labute approximate surface area is 207 Å². The molecule has 0 heterocycles. The van der Waals surface area contributed by atoms with Gasteiger partial charge in [-0.2, -0.15) is 0 Å². The molecule has 162 valence electrons. The lowest BCUT2D eigenvalue weighted by Gasteiger charge is -2.08. The summed E-state index contributed by atoms with van der Waals surface area (Å²) >= 11 is 19.8. The van der Waals surface area contributed by atoms with Gasteiger partial charge in [0.1, 0.15) is 15.5 Å². The molecule has 4 aromatic rings. The van der Waals surface area contributed by atoms with Gasteiger partial charge >= 0.3 is 0 Å². The number of hydrogen-bond donors (Lipinski definition) is 0. The Balaban J connectivity index is 1.80. The second-order valence-corrected chi connectivity index (χ2v) is 8.09. The molecule has 3 nitrogen and oxygen atoms in total. The first-order chi connectivity index (χ1) is 16.1. The largest absolute Gasteiger partial charge is 0.236 e. The predicted octanol–water partition coefficient (Wildman–Crippen LogP) is 8.64. The number of para-hydroxylation sites is 3. The zero-order valence-corrected chi connectivity index (χ0v) is 19.6. The van der Waals surface area contributed by atoms with E-state index >= 15 is 0 Å². The molecule has 0 N–H and O–H groups in total. The molecule has 0 aliphatic rings. The van der Waals surface area contributed by atoms with Gasteiger partial charge < -0.3 is 0 Å². The van der Waals surface area contributed by atoms with E-state index in [2.05, 4.69) is 15.0 Å². The summed E-state index contributed by atoms with van der Waals surface area (Å²) in [6.07, 6.45) is 0. The first-order valence-corrected chi connectivity index (χ1v) is 11.3. The molecule has 0 aliphatic carbocycles. The molecule has 0 fully saturated rings. The highest BCUT2D eigenvalue weighted by Crippen LogP contribution is 2.23. The van der Waals surface area contributed by atoms with Gasteiger partial charge in [0.05, 0.1) is 17.1 Å². The monoisotopic (exact) mass is 489 g/mol. The Morgan fingerprint density at radius 1 is 0.394 bits per heavy atom. The van der Waals surface area contributed by atoms with Gasteiger partial charge in [-0.25, -0.2) is 15.0 Å². The quantitative estimate of drug-likeness (QED) is 0.243. The number of benzene rings is 4. The van der Waals surface area contributed by atoms with Crippen LogP contribution in [0.15, 0.2) is 124 Å². The lowest BCUT2D eigenvalue weighted by Crippen LogP contribution is -2.02. The van der Waals surface area contributed by atoms with E-state index in [4.69, 9.17) is 34.8 Å². The lowest BCUT2D eigenvalue weighted by molar-refractivity contribution is 1.48. The predicted molar refractivity (Wildman–Crippen MR) is 142 cm³/mol. The third kappa shape index (κ3) is 6.39. The summed E-state index contributed by atoms with van der Waals surface area (Å²) in [5.74, 6) is 0. The smallest absolute Gasteiger partial charge is 0.136 e. The Morgan fingerprint density at radius 3 is 0.879 bits per heavy atom. The van der Waals surface area contributed by atoms with Crippen LogP contribution in [-0.4, -0.2) is 15.5 Å². The molecular weight excluding hydrogens is 473 g/mol. The van der Waals surface area contributed by atoms with Gasteiger partial charge in [-0.15, -0.1) is 0 Å². The van der Waals surface area contributed by atoms with Crippen LogP contribution in [0.5, 0.6) is 0 Å². The Hall–Kier alpha value is -3.24. The summed E-state index contributed by atoms with van der Waals surface area (Å²) in [5, 5.41) is 0.910. The fourth-order valence-electron chi connectivity index (χ4n) is 3.03. The van der Waals surface area contributed by atoms with Crippen molar-refractivity contribution in [1.82, 2.24) is 0 Å². The van der Waals surface area contributed by atoms with Gasteiger partial charge in [-0.1, -0.05) is 89.4 Å². The maximum atomic E-state index is 6.60. The van der Waals surface area contributed by atoms with Crippen LogP contribution >= 0.6 is 34.8 Å². The zero-order valence-electron chi connectivity index (χ0n) is 17.4. The molecule has 0 aromatic heterocycles. The highest BCUT2D eigenvalue weighted by Gasteiger charge is 2.12. The van der Waals surface area contributed by atoms with E-state index in [1.165, 1.54) is 0 Å². The number of hydrogen-bond acceptors (Lipinski definition) is 3. The van der Waals surface area contributed by atoms with Crippen molar-refractivity contribution >= 4 is 67.4 Å². The second-order valence-electron chi connectivity index (χ2n) is 7.01. The highest BCUT2D eigenvalue weighted by molar-refractivity contribution is 6.72. The maximum Gasteiger partial charge on any atom is 0.136 e.